The van der Waals surface area contributed by atoms with E-state index in [4.69, 9.17) is 0 Å². The van der Waals surface area contributed by atoms with Crippen LogP contribution in [0, 0.1) is 0 Å². The molecule has 1 aromatic carbocycles. The Bertz CT molecular complexity index is 328. The van der Waals surface area contributed by atoms with Crippen molar-refractivity contribution in [1.82, 2.24) is 0 Å². The zero-order chi connectivity index (χ0) is 12.0. The fourth-order valence-corrected chi connectivity index (χ4v) is 1.71. The van der Waals surface area contributed by atoms with E-state index in [9.17, 15) is 0 Å². The first-order valence-corrected chi connectivity index (χ1v) is 6.11. The second-order valence-electron chi connectivity index (χ2n) is 4.69. The van der Waals surface area contributed by atoms with Crippen LogP contribution < -0.4 is 5.32 Å². The molecule has 0 radical (unpaired) electrons. The minimum absolute atomic E-state index is 0.500. The molecule has 88 valence electrons. The third-order valence-corrected chi connectivity index (χ3v) is 2.77. The molecule has 0 aromatic heterocycles. The van der Waals surface area contributed by atoms with Crippen LogP contribution in [0.3, 0.4) is 0 Å². The molecule has 0 saturated carbocycles. The summed E-state index contributed by atoms with van der Waals surface area (Å²) >= 11 is 0. The first-order chi connectivity index (χ1) is 7.63. The van der Waals surface area contributed by atoms with Gasteiger partial charge in [-0.25, -0.2) is 0 Å². The smallest absolute Gasteiger partial charge is 0.0345 e. The van der Waals surface area contributed by atoms with Gasteiger partial charge in [0.05, 0.1) is 0 Å². The molecule has 1 aromatic rings. The number of allylic oxidation sites excluding steroid dienone is 1. The standard InChI is InChI=1S/C15H23N/c1-5-6-8-13(4)16-15-10-7-9-14(11-15)12(2)3/h5,7,9-13,16H,1,6,8H2,2-4H3. The molecule has 1 nitrogen and oxygen atoms in total. The average Bonchev–Trinajstić information content (AvgIpc) is 2.26. The monoisotopic (exact) mass is 217 g/mol. The Labute approximate surface area is 99.6 Å². The number of hydrogen-bond donors (Lipinski definition) is 1. The summed E-state index contributed by atoms with van der Waals surface area (Å²) in [7, 11) is 0. The summed E-state index contributed by atoms with van der Waals surface area (Å²) in [6.45, 7) is 10.4. The fourth-order valence-electron chi connectivity index (χ4n) is 1.71. The molecule has 1 unspecified atom stereocenters. The highest BCUT2D eigenvalue weighted by Crippen LogP contribution is 2.19. The highest BCUT2D eigenvalue weighted by atomic mass is 14.9. The molecule has 0 heterocycles. The average molecular weight is 217 g/mol. The van der Waals surface area contributed by atoms with Crippen molar-refractivity contribution in [3.05, 3.63) is 42.5 Å². The topological polar surface area (TPSA) is 12.0 Å². The Balaban J connectivity index is 2.59. The number of benzene rings is 1. The van der Waals surface area contributed by atoms with E-state index in [1.165, 1.54) is 11.3 Å². The van der Waals surface area contributed by atoms with Crippen LogP contribution in [0.15, 0.2) is 36.9 Å². The van der Waals surface area contributed by atoms with Crippen LogP contribution in [0.1, 0.15) is 45.1 Å². The van der Waals surface area contributed by atoms with Gasteiger partial charge in [-0.2, -0.15) is 0 Å². The third-order valence-electron chi connectivity index (χ3n) is 2.77. The Kier molecular flexibility index (Phi) is 5.10. The predicted octanol–water partition coefficient (Wildman–Crippen LogP) is 4.58. The molecule has 0 amide bonds. The van der Waals surface area contributed by atoms with Crippen LogP contribution >= 0.6 is 0 Å². The van der Waals surface area contributed by atoms with Crippen LogP contribution in [-0.2, 0) is 0 Å². The van der Waals surface area contributed by atoms with Crippen LogP contribution in [0.5, 0.6) is 0 Å². The van der Waals surface area contributed by atoms with Crippen molar-refractivity contribution in [1.29, 1.82) is 0 Å². The summed E-state index contributed by atoms with van der Waals surface area (Å²) in [6.07, 6.45) is 4.18. The lowest BCUT2D eigenvalue weighted by Gasteiger charge is -2.16. The molecule has 0 spiro atoms. The third kappa shape index (κ3) is 4.09. The Hall–Kier alpha value is -1.24. The van der Waals surface area contributed by atoms with Crippen LogP contribution in [-0.4, -0.2) is 6.04 Å². The molecule has 1 heteroatoms. The number of hydrogen-bond acceptors (Lipinski definition) is 1. The maximum absolute atomic E-state index is 3.75. The number of anilines is 1. The van der Waals surface area contributed by atoms with Crippen molar-refractivity contribution >= 4 is 5.69 Å². The van der Waals surface area contributed by atoms with E-state index in [1.807, 2.05) is 6.08 Å². The molecule has 16 heavy (non-hydrogen) atoms. The van der Waals surface area contributed by atoms with E-state index in [0.29, 0.717) is 12.0 Å². The van der Waals surface area contributed by atoms with Crippen molar-refractivity contribution in [3.63, 3.8) is 0 Å². The molecular weight excluding hydrogens is 194 g/mol. The zero-order valence-electron chi connectivity index (χ0n) is 10.7. The molecular formula is C15H23N. The molecule has 0 aliphatic heterocycles. The van der Waals surface area contributed by atoms with E-state index in [-0.39, 0.29) is 0 Å². The quantitative estimate of drug-likeness (QED) is 0.688. The largest absolute Gasteiger partial charge is 0.383 e. The zero-order valence-corrected chi connectivity index (χ0v) is 10.7. The lowest BCUT2D eigenvalue weighted by atomic mass is 10.0. The maximum atomic E-state index is 3.75. The van der Waals surface area contributed by atoms with Gasteiger partial charge < -0.3 is 5.32 Å². The molecule has 1 atom stereocenters. The van der Waals surface area contributed by atoms with Gasteiger partial charge in [0.2, 0.25) is 0 Å². The van der Waals surface area contributed by atoms with Gasteiger partial charge in [0.25, 0.3) is 0 Å². The van der Waals surface area contributed by atoms with E-state index in [0.717, 1.165) is 12.8 Å². The Morgan fingerprint density at radius 1 is 1.31 bits per heavy atom. The lowest BCUT2D eigenvalue weighted by Crippen LogP contribution is -2.14. The summed E-state index contributed by atoms with van der Waals surface area (Å²) in [5, 5.41) is 3.52. The van der Waals surface area contributed by atoms with Gasteiger partial charge in [-0.05, 0) is 43.4 Å². The van der Waals surface area contributed by atoms with Gasteiger partial charge in [0.15, 0.2) is 0 Å². The van der Waals surface area contributed by atoms with Crippen molar-refractivity contribution in [2.24, 2.45) is 0 Å². The van der Waals surface area contributed by atoms with Crippen molar-refractivity contribution in [3.8, 4) is 0 Å². The number of nitrogens with one attached hydrogen (secondary N) is 1. The predicted molar refractivity (Wildman–Crippen MR) is 73.0 cm³/mol. The van der Waals surface area contributed by atoms with Gasteiger partial charge in [0, 0.05) is 11.7 Å². The van der Waals surface area contributed by atoms with Gasteiger partial charge in [-0.3, -0.25) is 0 Å². The van der Waals surface area contributed by atoms with Crippen LogP contribution in [0.2, 0.25) is 0 Å². The molecule has 0 fully saturated rings. The second kappa shape index (κ2) is 6.37. The molecule has 0 aliphatic carbocycles. The maximum Gasteiger partial charge on any atom is 0.0345 e. The van der Waals surface area contributed by atoms with E-state index in [2.05, 4.69) is 56.9 Å². The molecule has 0 bridgehead atoms. The Morgan fingerprint density at radius 3 is 2.69 bits per heavy atom. The first kappa shape index (κ1) is 12.8. The van der Waals surface area contributed by atoms with Crippen LogP contribution in [0.4, 0.5) is 5.69 Å². The second-order valence-corrected chi connectivity index (χ2v) is 4.69. The molecule has 1 N–H and O–H groups in total. The molecule has 0 saturated heterocycles. The van der Waals surface area contributed by atoms with Gasteiger partial charge in [-0.15, -0.1) is 6.58 Å². The normalized spacial score (nSPS) is 12.5. The minimum atomic E-state index is 0.500. The number of rotatable bonds is 6. The summed E-state index contributed by atoms with van der Waals surface area (Å²) in [5.41, 5.74) is 2.61. The highest BCUT2D eigenvalue weighted by molar-refractivity contribution is 5.47. The SMILES string of the molecule is C=CCCC(C)Nc1cccc(C(C)C)c1. The van der Waals surface area contributed by atoms with E-state index in [1.54, 1.807) is 0 Å². The lowest BCUT2D eigenvalue weighted by molar-refractivity contribution is 0.718. The van der Waals surface area contributed by atoms with Gasteiger partial charge in [0.1, 0.15) is 0 Å². The van der Waals surface area contributed by atoms with Crippen molar-refractivity contribution < 1.29 is 0 Å². The van der Waals surface area contributed by atoms with Crippen molar-refractivity contribution in [2.75, 3.05) is 5.32 Å². The van der Waals surface area contributed by atoms with E-state index < -0.39 is 0 Å². The van der Waals surface area contributed by atoms with E-state index >= 15 is 0 Å². The molecule has 1 rings (SSSR count). The molecule has 0 aliphatic rings. The van der Waals surface area contributed by atoms with Crippen molar-refractivity contribution in [2.45, 2.75) is 45.6 Å². The first-order valence-electron chi connectivity index (χ1n) is 6.11. The summed E-state index contributed by atoms with van der Waals surface area (Å²) < 4.78 is 0. The fraction of sp³-hybridized carbons (Fsp3) is 0.467. The highest BCUT2D eigenvalue weighted by Gasteiger charge is 2.03. The minimum Gasteiger partial charge on any atom is -0.383 e. The Morgan fingerprint density at radius 2 is 2.06 bits per heavy atom. The summed E-state index contributed by atoms with van der Waals surface area (Å²) in [6, 6.07) is 9.19. The summed E-state index contributed by atoms with van der Waals surface area (Å²) in [5.74, 6) is 0.588. The summed E-state index contributed by atoms with van der Waals surface area (Å²) in [4.78, 5) is 0. The van der Waals surface area contributed by atoms with Gasteiger partial charge >= 0.3 is 0 Å². The van der Waals surface area contributed by atoms with Crippen LogP contribution in [0.25, 0.3) is 0 Å². The van der Waals surface area contributed by atoms with Gasteiger partial charge in [-0.1, -0.05) is 32.1 Å².